The highest BCUT2D eigenvalue weighted by Gasteiger charge is 2.24. The first kappa shape index (κ1) is 13.1. The lowest BCUT2D eigenvalue weighted by molar-refractivity contribution is 0.283. The maximum Gasteiger partial charge on any atom is 0.140 e. The minimum absolute atomic E-state index is 0.0834. The number of rotatable bonds is 3. The van der Waals surface area contributed by atoms with Crippen LogP contribution in [0.15, 0.2) is 48.5 Å². The van der Waals surface area contributed by atoms with Gasteiger partial charge in [0.2, 0.25) is 0 Å². The Hall–Kier alpha value is -1.37. The lowest BCUT2D eigenvalue weighted by Gasteiger charge is -2.18. The Labute approximate surface area is 108 Å². The molecular weight excluding hydrogens is 243 g/mol. The zero-order valence-electron chi connectivity index (χ0n) is 10.6. The molecule has 2 aromatic carbocycles. The van der Waals surface area contributed by atoms with Crippen molar-refractivity contribution in [1.82, 2.24) is 0 Å². The van der Waals surface area contributed by atoms with Crippen LogP contribution in [0.5, 0.6) is 0 Å². The summed E-state index contributed by atoms with van der Waals surface area (Å²) in [4.78, 5) is 0. The van der Waals surface area contributed by atoms with Crippen LogP contribution >= 0.6 is 7.14 Å². The first-order valence-corrected chi connectivity index (χ1v) is 8.06. The van der Waals surface area contributed by atoms with Crippen molar-refractivity contribution in [2.45, 2.75) is 13.5 Å². The summed E-state index contributed by atoms with van der Waals surface area (Å²) in [6.07, 6.45) is 0. The Morgan fingerprint density at radius 2 is 1.56 bits per heavy atom. The molecule has 0 aliphatic carbocycles. The molecule has 1 N–H and O–H groups in total. The summed E-state index contributed by atoms with van der Waals surface area (Å²) in [5.74, 6) is 0. The van der Waals surface area contributed by atoms with Crippen LogP contribution in [0.25, 0.3) is 0 Å². The zero-order chi connectivity index (χ0) is 13.2. The van der Waals surface area contributed by atoms with Gasteiger partial charge in [-0.05, 0) is 24.7 Å². The SMILES string of the molecule is Cc1ccccc1P(C)(=O)c1ccccc1CO. The van der Waals surface area contributed by atoms with Crippen molar-refractivity contribution >= 4 is 17.8 Å². The minimum Gasteiger partial charge on any atom is -0.392 e. The standard InChI is InChI=1S/C15H17O2P/c1-12-7-3-5-9-14(12)18(2,17)15-10-6-4-8-13(15)11-16/h3-10,16H,11H2,1-2H3. The highest BCUT2D eigenvalue weighted by atomic mass is 31.2. The molecular formula is C15H17O2P. The second-order valence-corrected chi connectivity index (χ2v) is 7.31. The van der Waals surface area contributed by atoms with E-state index < -0.39 is 7.14 Å². The van der Waals surface area contributed by atoms with Crippen molar-refractivity contribution in [3.8, 4) is 0 Å². The fourth-order valence-corrected chi connectivity index (χ4v) is 4.67. The Balaban J connectivity index is 2.62. The molecule has 0 heterocycles. The third kappa shape index (κ3) is 2.27. The van der Waals surface area contributed by atoms with Crippen molar-refractivity contribution < 1.29 is 9.67 Å². The molecule has 0 bridgehead atoms. The molecule has 0 radical (unpaired) electrons. The third-order valence-electron chi connectivity index (χ3n) is 3.20. The fourth-order valence-electron chi connectivity index (χ4n) is 2.23. The summed E-state index contributed by atoms with van der Waals surface area (Å²) in [6.45, 7) is 3.65. The molecule has 3 heteroatoms. The van der Waals surface area contributed by atoms with Crippen LogP contribution in [0.2, 0.25) is 0 Å². The molecule has 0 saturated heterocycles. The van der Waals surface area contributed by atoms with Crippen molar-refractivity contribution in [2.75, 3.05) is 6.66 Å². The van der Waals surface area contributed by atoms with Crippen LogP contribution in [0.3, 0.4) is 0 Å². The average Bonchev–Trinajstić information content (AvgIpc) is 2.39. The number of hydrogen-bond donors (Lipinski definition) is 1. The number of hydrogen-bond acceptors (Lipinski definition) is 2. The number of benzene rings is 2. The third-order valence-corrected chi connectivity index (χ3v) is 5.97. The van der Waals surface area contributed by atoms with E-state index in [9.17, 15) is 9.67 Å². The molecule has 0 aliphatic rings. The van der Waals surface area contributed by atoms with Gasteiger partial charge in [-0.1, -0.05) is 48.5 Å². The zero-order valence-corrected chi connectivity index (χ0v) is 11.5. The van der Waals surface area contributed by atoms with Gasteiger partial charge in [0.25, 0.3) is 0 Å². The van der Waals surface area contributed by atoms with Gasteiger partial charge in [0.15, 0.2) is 0 Å². The fraction of sp³-hybridized carbons (Fsp3) is 0.200. The van der Waals surface area contributed by atoms with E-state index in [-0.39, 0.29) is 6.61 Å². The molecule has 94 valence electrons. The smallest absolute Gasteiger partial charge is 0.140 e. The number of aliphatic hydroxyl groups is 1. The summed E-state index contributed by atoms with van der Waals surface area (Å²) in [6, 6.07) is 15.1. The quantitative estimate of drug-likeness (QED) is 0.861. The van der Waals surface area contributed by atoms with Gasteiger partial charge in [-0.3, -0.25) is 0 Å². The van der Waals surface area contributed by atoms with Crippen molar-refractivity contribution in [3.63, 3.8) is 0 Å². The second kappa shape index (κ2) is 5.09. The van der Waals surface area contributed by atoms with Gasteiger partial charge >= 0.3 is 0 Å². The van der Waals surface area contributed by atoms with E-state index in [1.807, 2.05) is 55.5 Å². The lowest BCUT2D eigenvalue weighted by atomic mass is 10.2. The predicted molar refractivity (Wildman–Crippen MR) is 76.3 cm³/mol. The molecule has 0 aliphatic heterocycles. The molecule has 0 amide bonds. The van der Waals surface area contributed by atoms with Gasteiger partial charge < -0.3 is 9.67 Å². The topological polar surface area (TPSA) is 37.3 Å². The van der Waals surface area contributed by atoms with Gasteiger partial charge in [-0.15, -0.1) is 0 Å². The van der Waals surface area contributed by atoms with Crippen LogP contribution in [0.1, 0.15) is 11.1 Å². The highest BCUT2D eigenvalue weighted by Crippen LogP contribution is 2.40. The first-order chi connectivity index (χ1) is 8.57. The lowest BCUT2D eigenvalue weighted by Crippen LogP contribution is -2.20. The minimum atomic E-state index is -2.65. The summed E-state index contributed by atoms with van der Waals surface area (Å²) in [5.41, 5.74) is 1.77. The van der Waals surface area contributed by atoms with Crippen LogP contribution in [0.4, 0.5) is 0 Å². The normalized spacial score (nSPS) is 14.2. The second-order valence-electron chi connectivity index (χ2n) is 4.50. The molecule has 0 spiro atoms. The summed E-state index contributed by atoms with van der Waals surface area (Å²) >= 11 is 0. The summed E-state index contributed by atoms with van der Waals surface area (Å²) in [5, 5.41) is 11.0. The Bertz CT molecular complexity index is 605. The molecule has 2 rings (SSSR count). The monoisotopic (exact) mass is 260 g/mol. The van der Waals surface area contributed by atoms with E-state index in [0.29, 0.717) is 0 Å². The molecule has 1 unspecified atom stereocenters. The maximum absolute atomic E-state index is 13.1. The molecule has 0 fully saturated rings. The van der Waals surface area contributed by atoms with Gasteiger partial charge in [-0.2, -0.15) is 0 Å². The van der Waals surface area contributed by atoms with Crippen molar-refractivity contribution in [3.05, 3.63) is 59.7 Å². The average molecular weight is 260 g/mol. The van der Waals surface area contributed by atoms with Gasteiger partial charge in [-0.25, -0.2) is 0 Å². The van der Waals surface area contributed by atoms with Gasteiger partial charge in [0.1, 0.15) is 7.14 Å². The van der Waals surface area contributed by atoms with Crippen LogP contribution in [0, 0.1) is 6.92 Å². The molecule has 1 atom stereocenters. The van der Waals surface area contributed by atoms with Gasteiger partial charge in [0.05, 0.1) is 6.61 Å². The Morgan fingerprint density at radius 1 is 1.00 bits per heavy atom. The van der Waals surface area contributed by atoms with Crippen molar-refractivity contribution in [2.24, 2.45) is 0 Å². The largest absolute Gasteiger partial charge is 0.392 e. The number of aliphatic hydroxyl groups excluding tert-OH is 1. The van der Waals surface area contributed by atoms with Crippen LogP contribution in [-0.4, -0.2) is 11.8 Å². The van der Waals surface area contributed by atoms with E-state index in [1.165, 1.54) is 0 Å². The Morgan fingerprint density at radius 3 is 2.17 bits per heavy atom. The summed E-state index contributed by atoms with van der Waals surface area (Å²) in [7, 11) is -2.65. The first-order valence-electron chi connectivity index (χ1n) is 5.90. The molecule has 18 heavy (non-hydrogen) atoms. The van der Waals surface area contributed by atoms with E-state index in [2.05, 4.69) is 0 Å². The number of aryl methyl sites for hydroxylation is 1. The van der Waals surface area contributed by atoms with Crippen LogP contribution < -0.4 is 10.6 Å². The molecule has 2 aromatic rings. The van der Waals surface area contributed by atoms with Crippen LogP contribution in [-0.2, 0) is 11.2 Å². The predicted octanol–water partition coefficient (Wildman–Crippen LogP) is 2.43. The van der Waals surface area contributed by atoms with E-state index in [4.69, 9.17) is 0 Å². The van der Waals surface area contributed by atoms with E-state index in [1.54, 1.807) is 6.66 Å². The molecule has 0 saturated carbocycles. The highest BCUT2D eigenvalue weighted by molar-refractivity contribution is 7.78. The van der Waals surface area contributed by atoms with E-state index >= 15 is 0 Å². The summed E-state index contributed by atoms with van der Waals surface area (Å²) < 4.78 is 13.1. The molecule has 0 aromatic heterocycles. The van der Waals surface area contributed by atoms with E-state index in [0.717, 1.165) is 21.7 Å². The Kier molecular flexibility index (Phi) is 3.70. The van der Waals surface area contributed by atoms with Gasteiger partial charge in [0, 0.05) is 10.6 Å². The maximum atomic E-state index is 13.1. The van der Waals surface area contributed by atoms with Crippen molar-refractivity contribution in [1.29, 1.82) is 0 Å². The molecule has 2 nitrogen and oxygen atoms in total.